The van der Waals surface area contributed by atoms with Gasteiger partial charge in [0.2, 0.25) is 0 Å². The van der Waals surface area contributed by atoms with E-state index in [0.29, 0.717) is 53.6 Å². The van der Waals surface area contributed by atoms with Crippen molar-refractivity contribution in [3.63, 3.8) is 0 Å². The number of fused-ring (bicyclic) bond motifs is 1. The van der Waals surface area contributed by atoms with E-state index < -0.39 is 11.9 Å². The third-order valence-electron chi connectivity index (χ3n) is 6.27. The molecule has 0 fully saturated rings. The van der Waals surface area contributed by atoms with Gasteiger partial charge in [-0.1, -0.05) is 30.3 Å². The van der Waals surface area contributed by atoms with Gasteiger partial charge in [0, 0.05) is 17.4 Å². The largest absolute Gasteiger partial charge is 0.433 e. The average molecular weight is 547 g/mol. The Kier molecular flexibility index (Phi) is 7.56. The zero-order valence-electron chi connectivity index (χ0n) is 21.7. The third-order valence-corrected chi connectivity index (χ3v) is 6.27. The second kappa shape index (κ2) is 11.2. The molecule has 0 spiro atoms. The highest BCUT2D eigenvalue weighted by Crippen LogP contribution is 2.31. The van der Waals surface area contributed by atoms with Gasteiger partial charge in [-0.15, -0.1) is 0 Å². The molecule has 11 heteroatoms. The minimum absolute atomic E-state index is 0.0683. The van der Waals surface area contributed by atoms with Gasteiger partial charge in [0.1, 0.15) is 16.9 Å². The number of carbonyl (C=O) groups is 1. The molecule has 1 amide bonds. The van der Waals surface area contributed by atoms with E-state index in [4.69, 9.17) is 4.74 Å². The summed E-state index contributed by atoms with van der Waals surface area (Å²) in [5, 5.41) is 7.15. The number of rotatable bonds is 8. The highest BCUT2D eigenvalue weighted by atomic mass is 19.4. The molecule has 0 aliphatic heterocycles. The van der Waals surface area contributed by atoms with E-state index in [1.807, 2.05) is 37.3 Å². The van der Waals surface area contributed by atoms with Gasteiger partial charge in [0.25, 0.3) is 5.91 Å². The molecule has 3 heterocycles. The summed E-state index contributed by atoms with van der Waals surface area (Å²) >= 11 is 0. The molecule has 204 valence electrons. The lowest BCUT2D eigenvalue weighted by Crippen LogP contribution is -2.20. The SMILES string of the molecule is Cc1cc(-c2ncc3nc(C(F)(F)F)cc(C)c3n2)ccc1NC(=O)c1ccnn1CCOCc1ccccc1. The van der Waals surface area contributed by atoms with Crippen molar-refractivity contribution in [3.8, 4) is 11.4 Å². The summed E-state index contributed by atoms with van der Waals surface area (Å²) in [5.74, 6) is 0.0206. The fraction of sp³-hybridized carbons (Fsp3) is 0.207. The predicted octanol–water partition coefficient (Wildman–Crippen LogP) is 5.99. The van der Waals surface area contributed by atoms with Crippen LogP contribution in [-0.2, 0) is 24.1 Å². The van der Waals surface area contributed by atoms with Crippen molar-refractivity contribution in [3.05, 3.63) is 101 Å². The Balaban J connectivity index is 1.27. The molecule has 0 saturated carbocycles. The monoisotopic (exact) mass is 546 g/mol. The molecule has 5 rings (SSSR count). The van der Waals surface area contributed by atoms with Gasteiger partial charge < -0.3 is 10.1 Å². The number of aryl methyl sites for hydroxylation is 2. The molecule has 8 nitrogen and oxygen atoms in total. The smallest absolute Gasteiger partial charge is 0.375 e. The minimum atomic E-state index is -4.55. The van der Waals surface area contributed by atoms with E-state index in [-0.39, 0.29) is 11.4 Å². The number of aromatic nitrogens is 5. The molecule has 1 N–H and O–H groups in total. The van der Waals surface area contributed by atoms with E-state index in [2.05, 4.69) is 25.4 Å². The van der Waals surface area contributed by atoms with Crippen molar-refractivity contribution in [2.75, 3.05) is 11.9 Å². The first-order chi connectivity index (χ1) is 19.2. The number of nitrogens with one attached hydrogen (secondary N) is 1. The quantitative estimate of drug-likeness (QED) is 0.240. The van der Waals surface area contributed by atoms with Crippen LogP contribution in [0.1, 0.15) is 32.9 Å². The molecule has 0 unspecified atom stereocenters. The molecule has 0 saturated heterocycles. The molecule has 0 aliphatic carbocycles. The Morgan fingerprint density at radius 2 is 1.80 bits per heavy atom. The van der Waals surface area contributed by atoms with Crippen molar-refractivity contribution in [2.24, 2.45) is 0 Å². The highest BCUT2D eigenvalue weighted by Gasteiger charge is 2.33. The lowest BCUT2D eigenvalue weighted by molar-refractivity contribution is -0.141. The second-order valence-electron chi connectivity index (χ2n) is 9.21. The predicted molar refractivity (Wildman–Crippen MR) is 144 cm³/mol. The Bertz CT molecular complexity index is 1670. The van der Waals surface area contributed by atoms with Crippen LogP contribution in [0.25, 0.3) is 22.4 Å². The molecule has 40 heavy (non-hydrogen) atoms. The van der Waals surface area contributed by atoms with Gasteiger partial charge >= 0.3 is 6.18 Å². The zero-order chi connectivity index (χ0) is 28.3. The number of hydrogen-bond acceptors (Lipinski definition) is 6. The number of carbonyl (C=O) groups excluding carboxylic acids is 1. The summed E-state index contributed by atoms with van der Waals surface area (Å²) in [6.07, 6.45) is -1.70. The fourth-order valence-electron chi connectivity index (χ4n) is 4.22. The summed E-state index contributed by atoms with van der Waals surface area (Å²) in [5.41, 5.74) is 3.24. The Morgan fingerprint density at radius 3 is 2.55 bits per heavy atom. The Hall–Kier alpha value is -4.64. The van der Waals surface area contributed by atoms with Crippen LogP contribution in [0.2, 0.25) is 0 Å². The average Bonchev–Trinajstić information content (AvgIpc) is 3.41. The van der Waals surface area contributed by atoms with Crippen LogP contribution in [0.3, 0.4) is 0 Å². The van der Waals surface area contributed by atoms with Crippen LogP contribution in [0.5, 0.6) is 0 Å². The first-order valence-electron chi connectivity index (χ1n) is 12.5. The summed E-state index contributed by atoms with van der Waals surface area (Å²) in [6.45, 7) is 4.67. The third kappa shape index (κ3) is 5.99. The molecule has 0 radical (unpaired) electrons. The number of hydrogen-bond donors (Lipinski definition) is 1. The van der Waals surface area contributed by atoms with E-state index in [9.17, 15) is 18.0 Å². The molecule has 3 aromatic heterocycles. The lowest BCUT2D eigenvalue weighted by Gasteiger charge is -2.12. The van der Waals surface area contributed by atoms with E-state index in [1.54, 1.807) is 42.1 Å². The molecule has 2 aromatic carbocycles. The van der Waals surface area contributed by atoms with Gasteiger partial charge in [-0.25, -0.2) is 15.0 Å². The van der Waals surface area contributed by atoms with Crippen LogP contribution in [-0.4, -0.2) is 37.2 Å². The number of anilines is 1. The summed E-state index contributed by atoms with van der Waals surface area (Å²) in [4.78, 5) is 25.4. The van der Waals surface area contributed by atoms with Gasteiger partial charge in [0.05, 0.1) is 31.5 Å². The highest BCUT2D eigenvalue weighted by molar-refractivity contribution is 6.03. The van der Waals surface area contributed by atoms with Crippen LogP contribution in [0.15, 0.2) is 73.1 Å². The van der Waals surface area contributed by atoms with Gasteiger partial charge in [-0.3, -0.25) is 9.48 Å². The van der Waals surface area contributed by atoms with Gasteiger partial charge in [0.15, 0.2) is 5.82 Å². The summed E-state index contributed by atoms with van der Waals surface area (Å²) in [7, 11) is 0. The van der Waals surface area contributed by atoms with E-state index in [1.165, 1.54) is 6.20 Å². The molecule has 5 aromatic rings. The zero-order valence-corrected chi connectivity index (χ0v) is 21.7. The van der Waals surface area contributed by atoms with Gasteiger partial charge in [-0.05, 0) is 60.9 Å². The van der Waals surface area contributed by atoms with E-state index >= 15 is 0 Å². The Labute approximate surface area is 227 Å². The summed E-state index contributed by atoms with van der Waals surface area (Å²) < 4.78 is 46.6. The van der Waals surface area contributed by atoms with Crippen LogP contribution in [0, 0.1) is 13.8 Å². The molecule has 0 bridgehead atoms. The number of nitrogens with zero attached hydrogens (tertiary/aromatic N) is 5. The number of pyridine rings is 1. The number of alkyl halides is 3. The van der Waals surface area contributed by atoms with Crippen molar-refractivity contribution in [1.82, 2.24) is 24.7 Å². The Morgan fingerprint density at radius 1 is 1.00 bits per heavy atom. The topological polar surface area (TPSA) is 94.8 Å². The molecule has 0 atom stereocenters. The van der Waals surface area contributed by atoms with Crippen LogP contribution >= 0.6 is 0 Å². The molecular formula is C29H25F3N6O2. The minimum Gasteiger partial charge on any atom is -0.375 e. The van der Waals surface area contributed by atoms with Crippen molar-refractivity contribution in [2.45, 2.75) is 33.2 Å². The molecular weight excluding hydrogens is 521 g/mol. The standard InChI is InChI=1S/C29H25F3N6O2/c1-18-14-21(27-33-16-23-26(37-27)19(2)15-25(35-23)29(30,31)32)8-9-22(18)36-28(39)24-10-11-34-38(24)12-13-40-17-20-6-4-3-5-7-20/h3-11,14-16H,12-13,17H2,1-2H3,(H,36,39). The maximum absolute atomic E-state index is 13.1. The van der Waals surface area contributed by atoms with Crippen molar-refractivity contribution >= 4 is 22.6 Å². The van der Waals surface area contributed by atoms with Crippen molar-refractivity contribution < 1.29 is 22.7 Å². The van der Waals surface area contributed by atoms with Crippen LogP contribution in [0.4, 0.5) is 18.9 Å². The lowest BCUT2D eigenvalue weighted by atomic mass is 10.1. The number of halogens is 3. The number of benzene rings is 2. The first-order valence-corrected chi connectivity index (χ1v) is 12.5. The maximum Gasteiger partial charge on any atom is 0.433 e. The number of amides is 1. The first kappa shape index (κ1) is 26.9. The molecule has 0 aliphatic rings. The van der Waals surface area contributed by atoms with Gasteiger partial charge in [-0.2, -0.15) is 18.3 Å². The van der Waals surface area contributed by atoms with E-state index in [0.717, 1.165) is 17.2 Å². The second-order valence-corrected chi connectivity index (χ2v) is 9.21. The summed E-state index contributed by atoms with van der Waals surface area (Å²) in [6, 6.07) is 17.7. The maximum atomic E-state index is 13.1. The van der Waals surface area contributed by atoms with Crippen LogP contribution < -0.4 is 5.32 Å². The number of ether oxygens (including phenoxy) is 1. The fourth-order valence-corrected chi connectivity index (χ4v) is 4.22. The normalized spacial score (nSPS) is 11.6. The van der Waals surface area contributed by atoms with Crippen molar-refractivity contribution in [1.29, 1.82) is 0 Å².